The van der Waals surface area contributed by atoms with Crippen LogP contribution in [-0.2, 0) is 31.5 Å². The number of hydrazine groups is 1. The van der Waals surface area contributed by atoms with Gasteiger partial charge in [-0.05, 0) is 47.5 Å². The van der Waals surface area contributed by atoms with Crippen molar-refractivity contribution in [3.63, 3.8) is 0 Å². The number of amides is 4. The Morgan fingerprint density at radius 2 is 0.780 bits per heavy atom. The molecule has 14 heteroatoms. The van der Waals surface area contributed by atoms with Crippen LogP contribution in [0.25, 0.3) is 0 Å². The van der Waals surface area contributed by atoms with Crippen LogP contribution in [0.4, 0.5) is 37.7 Å². The number of anilines is 2. The molecule has 0 N–H and O–H groups in total. The maximum atomic E-state index is 14.4. The topological polar surface area (TPSA) is 81.2 Å². The number of hydrogen-bond donors (Lipinski definition) is 0. The number of fused-ring (bicyclic) bond motifs is 5. The van der Waals surface area contributed by atoms with Gasteiger partial charge in [-0.2, -0.15) is 26.3 Å². The molecule has 8 nitrogen and oxygen atoms in total. The molecular weight excluding hydrogens is 666 g/mol. The van der Waals surface area contributed by atoms with Crippen LogP contribution in [-0.4, -0.2) is 45.7 Å². The van der Waals surface area contributed by atoms with E-state index in [1.165, 1.54) is 22.2 Å². The number of alkyl halides is 6. The minimum atomic E-state index is -4.75. The quantitative estimate of drug-likeness (QED) is 0.188. The molecule has 8 rings (SSSR count). The molecule has 6 atom stereocenters. The van der Waals surface area contributed by atoms with E-state index in [2.05, 4.69) is 0 Å². The van der Waals surface area contributed by atoms with Crippen LogP contribution in [0.3, 0.4) is 0 Å². The SMILES string of the molecule is O=C1[C@H]2[C@@H](C(=O)N1c1cccc(C(F)(F)F)c1)N1[C@@H](c3ccccc3)[C@H]3C(=O)N(c4cccc(C(F)(F)F)c4)C(=O)[C@@H]3N1[C@@H]2c1ccccc1. The number of nitrogens with zero attached hydrogens (tertiary/aromatic N) is 4. The monoisotopic (exact) mass is 690 g/mol. The molecule has 254 valence electrons. The van der Waals surface area contributed by atoms with E-state index in [1.54, 1.807) is 60.7 Å². The van der Waals surface area contributed by atoms with Gasteiger partial charge in [0.25, 0.3) is 11.8 Å². The minimum Gasteiger partial charge on any atom is -0.274 e. The summed E-state index contributed by atoms with van der Waals surface area (Å²) in [7, 11) is 0. The third-order valence-corrected chi connectivity index (χ3v) is 9.87. The molecule has 4 aliphatic rings. The number of rotatable bonds is 4. The summed E-state index contributed by atoms with van der Waals surface area (Å²) in [6, 6.07) is 19.8. The van der Waals surface area contributed by atoms with E-state index in [0.717, 1.165) is 46.2 Å². The predicted octanol–water partition coefficient (Wildman–Crippen LogP) is 6.17. The van der Waals surface area contributed by atoms with Crippen molar-refractivity contribution in [1.82, 2.24) is 10.0 Å². The number of benzene rings is 4. The zero-order valence-corrected chi connectivity index (χ0v) is 25.5. The van der Waals surface area contributed by atoms with Gasteiger partial charge >= 0.3 is 12.4 Å². The van der Waals surface area contributed by atoms with Crippen molar-refractivity contribution in [3.8, 4) is 0 Å². The Kier molecular flexibility index (Phi) is 7.07. The van der Waals surface area contributed by atoms with Crippen LogP contribution < -0.4 is 9.80 Å². The lowest BCUT2D eigenvalue weighted by Gasteiger charge is -2.35. The number of carbonyl (C=O) groups is 4. The Hall–Kier alpha value is -5.34. The molecule has 4 fully saturated rings. The fraction of sp³-hybridized carbons (Fsp3) is 0.222. The second-order valence-electron chi connectivity index (χ2n) is 12.5. The van der Waals surface area contributed by atoms with Gasteiger partial charge in [0, 0.05) is 0 Å². The number of imide groups is 2. The number of carbonyl (C=O) groups excluding carboxylic acids is 4. The molecule has 4 amide bonds. The van der Waals surface area contributed by atoms with Crippen LogP contribution >= 0.6 is 0 Å². The number of halogens is 6. The van der Waals surface area contributed by atoms with Crippen molar-refractivity contribution >= 4 is 35.0 Å². The highest BCUT2D eigenvalue weighted by atomic mass is 19.4. The minimum absolute atomic E-state index is 0.277. The Morgan fingerprint density at radius 3 is 1.12 bits per heavy atom. The molecular formula is C36H24F6N4O4. The smallest absolute Gasteiger partial charge is 0.274 e. The Bertz CT molecular complexity index is 1910. The van der Waals surface area contributed by atoms with E-state index < -0.39 is 83.1 Å². The third-order valence-electron chi connectivity index (χ3n) is 9.87. The second-order valence-corrected chi connectivity index (χ2v) is 12.5. The van der Waals surface area contributed by atoms with Crippen LogP contribution in [0, 0.1) is 11.8 Å². The van der Waals surface area contributed by atoms with Crippen molar-refractivity contribution in [2.75, 3.05) is 9.80 Å². The maximum absolute atomic E-state index is 14.4. The van der Waals surface area contributed by atoms with Gasteiger partial charge in [0.1, 0.15) is 12.1 Å². The van der Waals surface area contributed by atoms with Gasteiger partial charge in [-0.15, -0.1) is 0 Å². The highest BCUT2D eigenvalue weighted by Gasteiger charge is 2.73. The molecule has 4 aromatic carbocycles. The van der Waals surface area contributed by atoms with E-state index in [9.17, 15) is 45.5 Å². The standard InChI is InChI=1S/C36H24F6N4O4/c37-35(38,39)21-13-7-15-23(17-21)43-31(47)25-27(19-9-3-1-4-10-19)45-30-26(28(20-11-5-2-6-12-20)46(45)29(25)33(43)49)32(48)44(34(30)50)24-16-8-14-22(18-24)36(40,41)42/h1-18,25-30H/t25-,26-,27-,28+,29+,30-/m1/s1. The summed E-state index contributed by atoms with van der Waals surface area (Å²) in [6.07, 6.45) is -9.50. The molecule has 4 heterocycles. The zero-order chi connectivity index (χ0) is 35.3. The van der Waals surface area contributed by atoms with Gasteiger partial charge in [-0.25, -0.2) is 19.8 Å². The highest BCUT2D eigenvalue weighted by molar-refractivity contribution is 6.26. The van der Waals surface area contributed by atoms with E-state index in [1.807, 2.05) is 0 Å². The first-order chi connectivity index (χ1) is 23.8. The summed E-state index contributed by atoms with van der Waals surface area (Å²) in [5.41, 5.74) is -1.69. The van der Waals surface area contributed by atoms with Gasteiger partial charge in [-0.3, -0.25) is 19.2 Å². The van der Waals surface area contributed by atoms with Gasteiger partial charge in [0.15, 0.2) is 0 Å². The fourth-order valence-electron chi connectivity index (χ4n) is 7.95. The van der Waals surface area contributed by atoms with Gasteiger partial charge in [0.05, 0.1) is 46.4 Å². The molecule has 0 spiro atoms. The van der Waals surface area contributed by atoms with E-state index in [0.29, 0.717) is 11.1 Å². The second kappa shape index (κ2) is 11.1. The van der Waals surface area contributed by atoms with E-state index in [4.69, 9.17) is 0 Å². The molecule has 0 aliphatic carbocycles. The summed E-state index contributed by atoms with van der Waals surface area (Å²) in [6.45, 7) is 0. The molecule has 4 aromatic rings. The van der Waals surface area contributed by atoms with Crippen molar-refractivity contribution < 1.29 is 45.5 Å². The van der Waals surface area contributed by atoms with Gasteiger partial charge < -0.3 is 0 Å². The van der Waals surface area contributed by atoms with E-state index >= 15 is 0 Å². The van der Waals surface area contributed by atoms with Crippen molar-refractivity contribution in [2.45, 2.75) is 36.5 Å². The first-order valence-corrected chi connectivity index (χ1v) is 15.6. The predicted molar refractivity (Wildman–Crippen MR) is 164 cm³/mol. The normalized spacial score (nSPS) is 26.9. The molecule has 0 saturated carbocycles. The van der Waals surface area contributed by atoms with Crippen molar-refractivity contribution in [2.24, 2.45) is 11.8 Å². The van der Waals surface area contributed by atoms with Gasteiger partial charge in [-0.1, -0.05) is 72.8 Å². The van der Waals surface area contributed by atoms with Crippen LogP contribution in [0.2, 0.25) is 0 Å². The molecule has 0 aromatic heterocycles. The maximum Gasteiger partial charge on any atom is 0.416 e. The average Bonchev–Trinajstić information content (AvgIpc) is 3.76. The van der Waals surface area contributed by atoms with E-state index in [-0.39, 0.29) is 11.4 Å². The lowest BCUT2D eigenvalue weighted by atomic mass is 9.84. The first-order valence-electron chi connectivity index (χ1n) is 15.6. The highest BCUT2D eigenvalue weighted by Crippen LogP contribution is 2.60. The number of hydrogen-bond acceptors (Lipinski definition) is 6. The molecule has 50 heavy (non-hydrogen) atoms. The summed E-state index contributed by atoms with van der Waals surface area (Å²) >= 11 is 0. The summed E-state index contributed by atoms with van der Waals surface area (Å²) in [4.78, 5) is 59.1. The van der Waals surface area contributed by atoms with Crippen LogP contribution in [0.15, 0.2) is 109 Å². The molecule has 0 bridgehead atoms. The third kappa shape index (κ3) is 4.62. The van der Waals surface area contributed by atoms with Crippen LogP contribution in [0.1, 0.15) is 34.3 Å². The van der Waals surface area contributed by atoms with Crippen molar-refractivity contribution in [3.05, 3.63) is 131 Å². The van der Waals surface area contributed by atoms with Crippen LogP contribution in [0.5, 0.6) is 0 Å². The van der Waals surface area contributed by atoms with Crippen molar-refractivity contribution in [1.29, 1.82) is 0 Å². The zero-order valence-electron chi connectivity index (χ0n) is 25.5. The summed E-state index contributed by atoms with van der Waals surface area (Å²) in [5.74, 6) is -5.71. The summed E-state index contributed by atoms with van der Waals surface area (Å²) < 4.78 is 82.1. The molecule has 4 aliphatic heterocycles. The summed E-state index contributed by atoms with van der Waals surface area (Å²) in [5, 5.41) is 3.06. The Labute approximate surface area is 280 Å². The Balaban J connectivity index is 1.29. The Morgan fingerprint density at radius 1 is 0.420 bits per heavy atom. The lowest BCUT2D eigenvalue weighted by Crippen LogP contribution is -2.50. The van der Waals surface area contributed by atoms with Gasteiger partial charge in [0.2, 0.25) is 11.8 Å². The lowest BCUT2D eigenvalue weighted by molar-refractivity contribution is -0.138. The molecule has 0 unspecified atom stereocenters. The average molecular weight is 691 g/mol. The molecule has 4 saturated heterocycles. The largest absolute Gasteiger partial charge is 0.416 e. The first kappa shape index (κ1) is 31.9. The molecule has 0 radical (unpaired) electrons. The fourth-order valence-corrected chi connectivity index (χ4v) is 7.95.